The minimum Gasteiger partial charge on any atom is -0.357 e. The molecule has 1 aliphatic heterocycles. The van der Waals surface area contributed by atoms with Gasteiger partial charge in [-0.1, -0.05) is 6.92 Å². The lowest BCUT2D eigenvalue weighted by Crippen LogP contribution is -2.41. The van der Waals surface area contributed by atoms with Crippen molar-refractivity contribution in [3.05, 3.63) is 9.98 Å². The number of thiazole rings is 1. The SMILES string of the molecule is CCN1CCCC(Nc2nc(Br)cs2)C1. The molecule has 0 saturated carbocycles. The normalized spacial score (nSPS) is 22.9. The van der Waals surface area contributed by atoms with Gasteiger partial charge in [0.05, 0.1) is 0 Å². The summed E-state index contributed by atoms with van der Waals surface area (Å²) in [6, 6.07) is 0.566. The van der Waals surface area contributed by atoms with Crippen LogP contribution in [0.2, 0.25) is 0 Å². The zero-order chi connectivity index (χ0) is 10.7. The lowest BCUT2D eigenvalue weighted by molar-refractivity contribution is 0.227. The zero-order valence-corrected chi connectivity index (χ0v) is 11.3. The molecule has 5 heteroatoms. The average Bonchev–Trinajstić information content (AvgIpc) is 2.64. The zero-order valence-electron chi connectivity index (χ0n) is 8.87. The number of anilines is 1. The average molecular weight is 290 g/mol. The molecule has 1 N–H and O–H groups in total. The Kier molecular flexibility index (Phi) is 3.99. The largest absolute Gasteiger partial charge is 0.357 e. The summed E-state index contributed by atoms with van der Waals surface area (Å²) < 4.78 is 0.929. The first kappa shape index (κ1) is 11.4. The van der Waals surface area contributed by atoms with Gasteiger partial charge in [-0.05, 0) is 41.9 Å². The van der Waals surface area contributed by atoms with E-state index in [2.05, 4.69) is 38.1 Å². The maximum Gasteiger partial charge on any atom is 0.183 e. The van der Waals surface area contributed by atoms with Crippen LogP contribution >= 0.6 is 27.3 Å². The van der Waals surface area contributed by atoms with Gasteiger partial charge < -0.3 is 10.2 Å². The highest BCUT2D eigenvalue weighted by Gasteiger charge is 2.18. The van der Waals surface area contributed by atoms with Gasteiger partial charge in [-0.15, -0.1) is 11.3 Å². The van der Waals surface area contributed by atoms with E-state index < -0.39 is 0 Å². The van der Waals surface area contributed by atoms with Crippen LogP contribution in [0.1, 0.15) is 19.8 Å². The minimum absolute atomic E-state index is 0.566. The van der Waals surface area contributed by atoms with Gasteiger partial charge in [0.15, 0.2) is 5.13 Å². The molecule has 0 bridgehead atoms. The summed E-state index contributed by atoms with van der Waals surface area (Å²) in [5.41, 5.74) is 0. The van der Waals surface area contributed by atoms with Crippen LogP contribution in [0.15, 0.2) is 9.98 Å². The molecule has 1 saturated heterocycles. The molecule has 84 valence electrons. The van der Waals surface area contributed by atoms with Gasteiger partial charge in [0.1, 0.15) is 4.60 Å². The molecule has 2 heterocycles. The number of hydrogen-bond donors (Lipinski definition) is 1. The van der Waals surface area contributed by atoms with Crippen LogP contribution in [0, 0.1) is 0 Å². The molecular weight excluding hydrogens is 274 g/mol. The number of halogens is 1. The number of nitrogens with one attached hydrogen (secondary N) is 1. The fourth-order valence-electron chi connectivity index (χ4n) is 1.96. The Balaban J connectivity index is 1.88. The standard InChI is InChI=1S/C10H16BrN3S/c1-2-14-5-3-4-8(6-14)12-10-13-9(11)7-15-10/h7-8H,2-6H2,1H3,(H,12,13). The second kappa shape index (κ2) is 5.27. The van der Waals surface area contributed by atoms with Crippen LogP contribution < -0.4 is 5.32 Å². The number of aromatic nitrogens is 1. The van der Waals surface area contributed by atoms with Crippen molar-refractivity contribution in [2.24, 2.45) is 0 Å². The predicted molar refractivity (Wildman–Crippen MR) is 68.6 cm³/mol. The fourth-order valence-corrected chi connectivity index (χ4v) is 3.18. The number of nitrogens with zero attached hydrogens (tertiary/aromatic N) is 2. The number of likely N-dealkylation sites (N-methyl/N-ethyl adjacent to an activating group) is 1. The summed E-state index contributed by atoms with van der Waals surface area (Å²) in [6.07, 6.45) is 2.55. The molecular formula is C10H16BrN3S. The van der Waals surface area contributed by atoms with E-state index in [4.69, 9.17) is 0 Å². The Morgan fingerprint density at radius 3 is 3.27 bits per heavy atom. The quantitative estimate of drug-likeness (QED) is 0.928. The van der Waals surface area contributed by atoms with Gasteiger partial charge in [0.2, 0.25) is 0 Å². The highest BCUT2D eigenvalue weighted by Crippen LogP contribution is 2.22. The van der Waals surface area contributed by atoms with Gasteiger partial charge in [-0.25, -0.2) is 4.98 Å². The van der Waals surface area contributed by atoms with E-state index >= 15 is 0 Å². The number of hydrogen-bond acceptors (Lipinski definition) is 4. The van der Waals surface area contributed by atoms with Crippen molar-refractivity contribution in [3.63, 3.8) is 0 Å². The maximum absolute atomic E-state index is 4.36. The molecule has 3 nitrogen and oxygen atoms in total. The van der Waals surface area contributed by atoms with Crippen molar-refractivity contribution in [1.82, 2.24) is 9.88 Å². The lowest BCUT2D eigenvalue weighted by atomic mass is 10.1. The Morgan fingerprint density at radius 2 is 2.60 bits per heavy atom. The van der Waals surface area contributed by atoms with Crippen LogP contribution in [-0.4, -0.2) is 35.6 Å². The van der Waals surface area contributed by atoms with Gasteiger partial charge in [-0.2, -0.15) is 0 Å². The number of rotatable bonds is 3. The Bertz CT molecular complexity index is 315. The lowest BCUT2D eigenvalue weighted by Gasteiger charge is -2.32. The van der Waals surface area contributed by atoms with Crippen LogP contribution in [0.3, 0.4) is 0 Å². The third-order valence-electron chi connectivity index (χ3n) is 2.76. The number of piperidine rings is 1. The molecule has 1 atom stereocenters. The molecule has 0 spiro atoms. The summed E-state index contributed by atoms with van der Waals surface area (Å²) in [5, 5.41) is 6.55. The predicted octanol–water partition coefficient (Wildman–Crippen LogP) is 2.80. The molecule has 1 unspecified atom stereocenters. The molecule has 1 aromatic rings. The smallest absolute Gasteiger partial charge is 0.183 e. The summed E-state index contributed by atoms with van der Waals surface area (Å²) >= 11 is 5.04. The van der Waals surface area contributed by atoms with E-state index in [-0.39, 0.29) is 0 Å². The molecule has 15 heavy (non-hydrogen) atoms. The van der Waals surface area contributed by atoms with E-state index in [1.807, 2.05) is 5.38 Å². The Labute approximate surface area is 103 Å². The molecule has 1 fully saturated rings. The van der Waals surface area contributed by atoms with E-state index in [1.54, 1.807) is 11.3 Å². The van der Waals surface area contributed by atoms with Gasteiger partial charge >= 0.3 is 0 Å². The van der Waals surface area contributed by atoms with Crippen LogP contribution in [0.4, 0.5) is 5.13 Å². The molecule has 0 amide bonds. The molecule has 0 radical (unpaired) electrons. The Morgan fingerprint density at radius 1 is 1.73 bits per heavy atom. The van der Waals surface area contributed by atoms with Crippen LogP contribution in [0.25, 0.3) is 0 Å². The molecule has 0 aromatic carbocycles. The topological polar surface area (TPSA) is 28.2 Å². The van der Waals surface area contributed by atoms with E-state index in [1.165, 1.54) is 19.4 Å². The first-order valence-corrected chi connectivity index (χ1v) is 7.05. The molecule has 1 aliphatic rings. The molecule has 0 aliphatic carbocycles. The van der Waals surface area contributed by atoms with Crippen molar-refractivity contribution in [1.29, 1.82) is 0 Å². The molecule has 1 aromatic heterocycles. The van der Waals surface area contributed by atoms with Crippen LogP contribution in [0.5, 0.6) is 0 Å². The second-order valence-corrected chi connectivity index (χ2v) is 5.52. The van der Waals surface area contributed by atoms with Crippen molar-refractivity contribution in [2.75, 3.05) is 25.0 Å². The highest BCUT2D eigenvalue weighted by molar-refractivity contribution is 9.10. The summed E-state index contributed by atoms with van der Waals surface area (Å²) in [5.74, 6) is 0. The number of likely N-dealkylation sites (tertiary alicyclic amines) is 1. The van der Waals surface area contributed by atoms with Crippen molar-refractivity contribution < 1.29 is 0 Å². The summed E-state index contributed by atoms with van der Waals surface area (Å²) in [4.78, 5) is 6.85. The van der Waals surface area contributed by atoms with Gasteiger partial charge in [0.25, 0.3) is 0 Å². The minimum atomic E-state index is 0.566. The first-order valence-electron chi connectivity index (χ1n) is 5.38. The Hall–Kier alpha value is -0.130. The van der Waals surface area contributed by atoms with Crippen molar-refractivity contribution >= 4 is 32.4 Å². The monoisotopic (exact) mass is 289 g/mol. The maximum atomic E-state index is 4.36. The van der Waals surface area contributed by atoms with Crippen LogP contribution in [-0.2, 0) is 0 Å². The molecule has 2 rings (SSSR count). The second-order valence-electron chi connectivity index (χ2n) is 3.85. The van der Waals surface area contributed by atoms with E-state index in [0.29, 0.717) is 6.04 Å². The fraction of sp³-hybridized carbons (Fsp3) is 0.700. The van der Waals surface area contributed by atoms with Crippen molar-refractivity contribution in [3.8, 4) is 0 Å². The first-order chi connectivity index (χ1) is 7.28. The van der Waals surface area contributed by atoms with E-state index in [0.717, 1.165) is 22.8 Å². The third kappa shape index (κ3) is 3.16. The van der Waals surface area contributed by atoms with E-state index in [9.17, 15) is 0 Å². The van der Waals surface area contributed by atoms with Crippen molar-refractivity contribution in [2.45, 2.75) is 25.8 Å². The summed E-state index contributed by atoms with van der Waals surface area (Å²) in [6.45, 7) is 5.77. The van der Waals surface area contributed by atoms with Gasteiger partial charge in [-0.3, -0.25) is 0 Å². The van der Waals surface area contributed by atoms with Gasteiger partial charge in [0, 0.05) is 18.0 Å². The highest BCUT2D eigenvalue weighted by atomic mass is 79.9. The summed E-state index contributed by atoms with van der Waals surface area (Å²) in [7, 11) is 0. The third-order valence-corrected chi connectivity index (χ3v) is 4.24.